The lowest BCUT2D eigenvalue weighted by Gasteiger charge is -2.30. The number of thioether (sulfide) groups is 1. The Bertz CT molecular complexity index is 1050. The van der Waals surface area contributed by atoms with E-state index in [2.05, 4.69) is 27.7 Å². The van der Waals surface area contributed by atoms with Crippen molar-refractivity contribution in [3.05, 3.63) is 90.5 Å². The van der Waals surface area contributed by atoms with E-state index in [9.17, 15) is 9.59 Å². The van der Waals surface area contributed by atoms with Gasteiger partial charge >= 0.3 is 0 Å². The minimum atomic E-state index is -0.0186. The minimum Gasteiger partial charge on any atom is -0.326 e. The van der Waals surface area contributed by atoms with Crippen LogP contribution in [0.4, 0.5) is 11.4 Å². The maximum absolute atomic E-state index is 12.7. The molecule has 2 amide bonds. The predicted octanol–water partition coefficient (Wildman–Crippen LogP) is 5.27. The molecular weight excluding hydrogens is 430 g/mol. The van der Waals surface area contributed by atoms with Gasteiger partial charge in [0.2, 0.25) is 11.8 Å². The van der Waals surface area contributed by atoms with Crippen molar-refractivity contribution in [2.75, 3.05) is 30.3 Å². The molecule has 1 heterocycles. The Labute approximate surface area is 199 Å². The summed E-state index contributed by atoms with van der Waals surface area (Å²) < 4.78 is 0. The van der Waals surface area contributed by atoms with Crippen molar-refractivity contribution < 1.29 is 9.59 Å². The third kappa shape index (κ3) is 6.94. The molecule has 1 aliphatic rings. The number of carbonyl (C=O) groups is 2. The van der Waals surface area contributed by atoms with Gasteiger partial charge in [-0.15, -0.1) is 11.8 Å². The van der Waals surface area contributed by atoms with Crippen LogP contribution in [0, 0.1) is 5.92 Å². The normalized spacial score (nSPS) is 14.5. The van der Waals surface area contributed by atoms with Crippen LogP contribution in [0.2, 0.25) is 0 Å². The largest absolute Gasteiger partial charge is 0.326 e. The number of rotatable bonds is 8. The van der Waals surface area contributed by atoms with Gasteiger partial charge in [0.05, 0.1) is 12.2 Å². The molecule has 33 heavy (non-hydrogen) atoms. The lowest BCUT2D eigenvalue weighted by molar-refractivity contribution is -0.121. The zero-order valence-corrected chi connectivity index (χ0v) is 19.4. The van der Waals surface area contributed by atoms with Gasteiger partial charge in [0.15, 0.2) is 0 Å². The first-order chi connectivity index (χ1) is 16.2. The summed E-state index contributed by atoms with van der Waals surface area (Å²) in [6.45, 7) is 1.82. The molecule has 170 valence electrons. The molecule has 0 aliphatic carbocycles. The highest BCUT2D eigenvalue weighted by molar-refractivity contribution is 7.98. The summed E-state index contributed by atoms with van der Waals surface area (Å²) in [6.07, 6.45) is 1.52. The second kappa shape index (κ2) is 11.7. The zero-order chi connectivity index (χ0) is 22.9. The first-order valence-corrected chi connectivity index (χ1v) is 12.3. The van der Waals surface area contributed by atoms with Gasteiger partial charge in [-0.25, -0.2) is 0 Å². The van der Waals surface area contributed by atoms with Crippen LogP contribution in [0.3, 0.4) is 0 Å². The molecular formula is C27H29N3O2S. The van der Waals surface area contributed by atoms with Crippen LogP contribution < -0.4 is 10.6 Å². The molecule has 1 fully saturated rings. The van der Waals surface area contributed by atoms with Gasteiger partial charge in [-0.05, 0) is 55.8 Å². The van der Waals surface area contributed by atoms with Crippen LogP contribution in [-0.2, 0) is 15.3 Å². The number of amides is 2. The molecule has 0 spiro atoms. The number of carbonyl (C=O) groups excluding carboxylic acids is 2. The third-order valence-electron chi connectivity index (χ3n) is 5.77. The topological polar surface area (TPSA) is 61.4 Å². The smallest absolute Gasteiger partial charge is 0.238 e. The number of hydrogen-bond acceptors (Lipinski definition) is 4. The van der Waals surface area contributed by atoms with E-state index in [0.717, 1.165) is 48.0 Å². The molecule has 2 N–H and O–H groups in total. The molecule has 0 unspecified atom stereocenters. The van der Waals surface area contributed by atoms with Gasteiger partial charge in [-0.2, -0.15) is 0 Å². The molecule has 5 nitrogen and oxygen atoms in total. The fraction of sp³-hybridized carbons (Fsp3) is 0.259. The van der Waals surface area contributed by atoms with E-state index in [4.69, 9.17) is 0 Å². The van der Waals surface area contributed by atoms with Gasteiger partial charge in [0.1, 0.15) is 0 Å². The van der Waals surface area contributed by atoms with E-state index in [0.29, 0.717) is 6.54 Å². The summed E-state index contributed by atoms with van der Waals surface area (Å²) in [7, 11) is 0. The number of benzene rings is 3. The standard InChI is InChI=1S/C27H29N3O2S/c31-26(29-24-13-7-8-14-25(24)33-20-21-9-3-1-4-10-21)19-30-17-15-22(16-18-30)27(32)28-23-11-5-2-6-12-23/h1-14,22H,15-20H2,(H,28,32)(H,29,31). The summed E-state index contributed by atoms with van der Waals surface area (Å²) in [5.41, 5.74) is 2.93. The average Bonchev–Trinajstić information content (AvgIpc) is 2.85. The van der Waals surface area contributed by atoms with Gasteiger partial charge < -0.3 is 10.6 Å². The Hall–Kier alpha value is -3.09. The van der Waals surface area contributed by atoms with E-state index in [-0.39, 0.29) is 17.7 Å². The van der Waals surface area contributed by atoms with Crippen molar-refractivity contribution in [3.63, 3.8) is 0 Å². The number of anilines is 2. The monoisotopic (exact) mass is 459 g/mol. The van der Waals surface area contributed by atoms with E-state index >= 15 is 0 Å². The van der Waals surface area contributed by atoms with E-state index in [1.807, 2.05) is 72.8 Å². The van der Waals surface area contributed by atoms with Gasteiger partial charge in [0.25, 0.3) is 0 Å². The summed E-state index contributed by atoms with van der Waals surface area (Å²) in [4.78, 5) is 28.4. The van der Waals surface area contributed by atoms with Crippen LogP contribution in [0.5, 0.6) is 0 Å². The lowest BCUT2D eigenvalue weighted by atomic mass is 9.96. The van der Waals surface area contributed by atoms with Crippen LogP contribution >= 0.6 is 11.8 Å². The fourth-order valence-electron chi connectivity index (χ4n) is 3.94. The average molecular weight is 460 g/mol. The molecule has 0 aromatic heterocycles. The highest BCUT2D eigenvalue weighted by Gasteiger charge is 2.26. The highest BCUT2D eigenvalue weighted by atomic mass is 32.2. The molecule has 6 heteroatoms. The van der Waals surface area contributed by atoms with Gasteiger partial charge in [-0.3, -0.25) is 14.5 Å². The predicted molar refractivity (Wildman–Crippen MR) is 135 cm³/mol. The Morgan fingerprint density at radius 1 is 0.818 bits per heavy atom. The van der Waals surface area contributed by atoms with E-state index in [1.54, 1.807) is 11.8 Å². The lowest BCUT2D eigenvalue weighted by Crippen LogP contribution is -2.41. The molecule has 0 atom stereocenters. The Balaban J connectivity index is 1.24. The summed E-state index contributed by atoms with van der Waals surface area (Å²) in [5, 5.41) is 6.07. The fourth-order valence-corrected chi connectivity index (χ4v) is 4.91. The quantitative estimate of drug-likeness (QED) is 0.451. The molecule has 4 rings (SSSR count). The van der Waals surface area contributed by atoms with E-state index < -0.39 is 0 Å². The number of likely N-dealkylation sites (tertiary alicyclic amines) is 1. The van der Waals surface area contributed by atoms with Crippen LogP contribution in [0.1, 0.15) is 18.4 Å². The molecule has 0 saturated carbocycles. The number of para-hydroxylation sites is 2. The second-order valence-corrected chi connectivity index (χ2v) is 9.24. The van der Waals surface area contributed by atoms with Crippen molar-refractivity contribution in [2.45, 2.75) is 23.5 Å². The minimum absolute atomic E-state index is 0.0142. The van der Waals surface area contributed by atoms with Gasteiger partial charge in [0, 0.05) is 22.3 Å². The first kappa shape index (κ1) is 23.1. The van der Waals surface area contributed by atoms with Crippen molar-refractivity contribution in [3.8, 4) is 0 Å². The Morgan fingerprint density at radius 2 is 1.45 bits per heavy atom. The molecule has 3 aromatic rings. The van der Waals surface area contributed by atoms with Crippen molar-refractivity contribution in [1.82, 2.24) is 4.90 Å². The first-order valence-electron chi connectivity index (χ1n) is 11.3. The second-order valence-electron chi connectivity index (χ2n) is 8.22. The van der Waals surface area contributed by atoms with Crippen molar-refractivity contribution >= 4 is 35.0 Å². The molecule has 3 aromatic carbocycles. The molecule has 1 aliphatic heterocycles. The molecule has 1 saturated heterocycles. The number of piperidine rings is 1. The Kier molecular flexibility index (Phi) is 8.17. The van der Waals surface area contributed by atoms with Crippen molar-refractivity contribution in [2.24, 2.45) is 5.92 Å². The van der Waals surface area contributed by atoms with Crippen LogP contribution in [-0.4, -0.2) is 36.3 Å². The Morgan fingerprint density at radius 3 is 2.18 bits per heavy atom. The summed E-state index contributed by atoms with van der Waals surface area (Å²) in [5.74, 6) is 0.885. The highest BCUT2D eigenvalue weighted by Crippen LogP contribution is 2.30. The maximum Gasteiger partial charge on any atom is 0.238 e. The van der Waals surface area contributed by atoms with E-state index in [1.165, 1.54) is 5.56 Å². The molecule has 0 bridgehead atoms. The van der Waals surface area contributed by atoms with Crippen molar-refractivity contribution in [1.29, 1.82) is 0 Å². The number of hydrogen-bond donors (Lipinski definition) is 2. The zero-order valence-electron chi connectivity index (χ0n) is 18.6. The number of nitrogens with one attached hydrogen (secondary N) is 2. The third-order valence-corrected chi connectivity index (χ3v) is 6.91. The van der Waals surface area contributed by atoms with Crippen LogP contribution in [0.25, 0.3) is 0 Å². The van der Waals surface area contributed by atoms with Gasteiger partial charge in [-0.1, -0.05) is 60.7 Å². The molecule has 0 radical (unpaired) electrons. The maximum atomic E-state index is 12.7. The van der Waals surface area contributed by atoms with Crippen LogP contribution in [0.15, 0.2) is 89.8 Å². The summed E-state index contributed by atoms with van der Waals surface area (Å²) in [6, 6.07) is 27.8. The summed E-state index contributed by atoms with van der Waals surface area (Å²) >= 11 is 1.72. The number of nitrogens with zero attached hydrogens (tertiary/aromatic N) is 1. The SMILES string of the molecule is O=C(CN1CCC(C(=O)Nc2ccccc2)CC1)Nc1ccccc1SCc1ccccc1.